The molecule has 0 aliphatic carbocycles. The number of ether oxygens (including phenoxy) is 2. The highest BCUT2D eigenvalue weighted by molar-refractivity contribution is 6.31. The van der Waals surface area contributed by atoms with Crippen LogP contribution in [0.25, 0.3) is 0 Å². The van der Waals surface area contributed by atoms with E-state index >= 15 is 0 Å². The molecule has 0 N–H and O–H groups in total. The summed E-state index contributed by atoms with van der Waals surface area (Å²) in [6.07, 6.45) is 7.33. The second-order valence-corrected chi connectivity index (χ2v) is 6.82. The Kier molecular flexibility index (Phi) is 6.69. The molecule has 0 amide bonds. The van der Waals surface area contributed by atoms with Gasteiger partial charge in [0.15, 0.2) is 6.29 Å². The highest BCUT2D eigenvalue weighted by atomic mass is 35.5. The summed E-state index contributed by atoms with van der Waals surface area (Å²) in [6.45, 7) is 2.85. The van der Waals surface area contributed by atoms with E-state index in [1.54, 1.807) is 0 Å². The lowest BCUT2D eigenvalue weighted by atomic mass is 9.92. The lowest BCUT2D eigenvalue weighted by molar-refractivity contribution is -0.243. The molecule has 25 heavy (non-hydrogen) atoms. The Morgan fingerprint density at radius 3 is 2.56 bits per heavy atom. The van der Waals surface area contributed by atoms with Crippen molar-refractivity contribution in [3.63, 3.8) is 0 Å². The minimum Gasteiger partial charge on any atom is -0.348 e. The molecule has 0 bridgehead atoms. The van der Waals surface area contributed by atoms with Crippen molar-refractivity contribution in [1.29, 1.82) is 0 Å². The topological polar surface area (TPSA) is 18.5 Å². The maximum absolute atomic E-state index is 6.37. The molecule has 3 unspecified atom stereocenters. The fraction of sp³-hybridized carbons (Fsp3) is 0.364. The molecule has 0 saturated carbocycles. The molecular weight excluding hydrogens is 332 g/mol. The van der Waals surface area contributed by atoms with Gasteiger partial charge in [0, 0.05) is 16.5 Å². The summed E-state index contributed by atoms with van der Waals surface area (Å²) >= 11 is 6.33. The Morgan fingerprint density at radius 2 is 1.80 bits per heavy atom. The van der Waals surface area contributed by atoms with E-state index in [4.69, 9.17) is 21.1 Å². The van der Waals surface area contributed by atoms with Gasteiger partial charge in [-0.15, -0.1) is 0 Å². The van der Waals surface area contributed by atoms with Crippen LogP contribution in [0.3, 0.4) is 0 Å². The third-order valence-corrected chi connectivity index (χ3v) is 4.85. The highest BCUT2D eigenvalue weighted by Gasteiger charge is 2.33. The Morgan fingerprint density at radius 1 is 1.04 bits per heavy atom. The molecule has 0 radical (unpaired) electrons. The van der Waals surface area contributed by atoms with Crippen LogP contribution in [-0.2, 0) is 9.47 Å². The first kappa shape index (κ1) is 18.2. The molecule has 1 fully saturated rings. The lowest BCUT2D eigenvalue weighted by Gasteiger charge is -2.37. The zero-order valence-electron chi connectivity index (χ0n) is 14.6. The zero-order chi connectivity index (χ0) is 17.5. The SMILES string of the molecule is CCC/C=C\CC1COC(c2ccccc2Cl)OC1c1ccccc1. The second kappa shape index (κ2) is 9.19. The number of unbranched alkanes of at least 4 members (excludes halogenated alkanes) is 1. The van der Waals surface area contributed by atoms with Gasteiger partial charge in [0.1, 0.15) is 0 Å². The largest absolute Gasteiger partial charge is 0.348 e. The van der Waals surface area contributed by atoms with Crippen molar-refractivity contribution in [1.82, 2.24) is 0 Å². The summed E-state index contributed by atoms with van der Waals surface area (Å²) < 4.78 is 12.4. The Labute approximate surface area is 155 Å². The van der Waals surface area contributed by atoms with Crippen LogP contribution in [0.1, 0.15) is 49.7 Å². The van der Waals surface area contributed by atoms with Crippen LogP contribution in [0.5, 0.6) is 0 Å². The molecule has 0 spiro atoms. The number of benzene rings is 2. The molecule has 132 valence electrons. The summed E-state index contributed by atoms with van der Waals surface area (Å²) in [5.74, 6) is 0.300. The van der Waals surface area contributed by atoms with Gasteiger partial charge in [0.25, 0.3) is 0 Å². The van der Waals surface area contributed by atoms with Gasteiger partial charge in [-0.05, 0) is 24.5 Å². The summed E-state index contributed by atoms with van der Waals surface area (Å²) in [6, 6.07) is 18.1. The second-order valence-electron chi connectivity index (χ2n) is 6.41. The van der Waals surface area contributed by atoms with Crippen molar-refractivity contribution >= 4 is 11.6 Å². The molecule has 1 aliphatic heterocycles. The van der Waals surface area contributed by atoms with Gasteiger partial charge in [0.2, 0.25) is 0 Å². The van der Waals surface area contributed by atoms with Gasteiger partial charge in [-0.3, -0.25) is 0 Å². The fourth-order valence-corrected chi connectivity index (χ4v) is 3.38. The zero-order valence-corrected chi connectivity index (χ0v) is 15.4. The first-order valence-electron chi connectivity index (χ1n) is 9.01. The molecule has 3 atom stereocenters. The van der Waals surface area contributed by atoms with Crippen molar-refractivity contribution in [2.45, 2.75) is 38.6 Å². The number of rotatable bonds is 6. The van der Waals surface area contributed by atoms with Crippen molar-refractivity contribution < 1.29 is 9.47 Å². The minimum absolute atomic E-state index is 0.00231. The monoisotopic (exact) mass is 356 g/mol. The van der Waals surface area contributed by atoms with Crippen LogP contribution in [-0.4, -0.2) is 6.61 Å². The smallest absolute Gasteiger partial charge is 0.185 e. The molecule has 2 aromatic rings. The van der Waals surface area contributed by atoms with Gasteiger partial charge in [-0.1, -0.05) is 85.6 Å². The van der Waals surface area contributed by atoms with Crippen LogP contribution in [0.4, 0.5) is 0 Å². The van der Waals surface area contributed by atoms with Crippen LogP contribution in [0.2, 0.25) is 5.02 Å². The minimum atomic E-state index is -0.422. The number of hydrogen-bond acceptors (Lipinski definition) is 2. The van der Waals surface area contributed by atoms with Crippen molar-refractivity contribution in [2.24, 2.45) is 5.92 Å². The molecule has 1 saturated heterocycles. The van der Waals surface area contributed by atoms with Crippen molar-refractivity contribution in [3.05, 3.63) is 82.9 Å². The van der Waals surface area contributed by atoms with E-state index in [1.165, 1.54) is 12.0 Å². The normalized spacial score (nSPS) is 23.8. The number of allylic oxidation sites excluding steroid dienone is 2. The van der Waals surface area contributed by atoms with Crippen LogP contribution < -0.4 is 0 Å². The maximum atomic E-state index is 6.37. The van der Waals surface area contributed by atoms with E-state index in [9.17, 15) is 0 Å². The first-order valence-corrected chi connectivity index (χ1v) is 9.38. The molecular formula is C22H25ClO2. The first-order chi connectivity index (χ1) is 12.3. The van der Waals surface area contributed by atoms with Crippen molar-refractivity contribution in [3.8, 4) is 0 Å². The van der Waals surface area contributed by atoms with Crippen LogP contribution in [0, 0.1) is 5.92 Å². The lowest BCUT2D eigenvalue weighted by Crippen LogP contribution is -2.30. The van der Waals surface area contributed by atoms with Gasteiger partial charge in [-0.2, -0.15) is 0 Å². The summed E-state index contributed by atoms with van der Waals surface area (Å²) in [5.41, 5.74) is 2.09. The fourth-order valence-electron chi connectivity index (χ4n) is 3.15. The molecule has 2 aromatic carbocycles. The average Bonchev–Trinajstić information content (AvgIpc) is 2.66. The van der Waals surface area contributed by atoms with E-state index in [-0.39, 0.29) is 6.10 Å². The Bertz CT molecular complexity index is 683. The van der Waals surface area contributed by atoms with E-state index < -0.39 is 6.29 Å². The molecule has 0 aromatic heterocycles. The molecule has 1 aliphatic rings. The van der Waals surface area contributed by atoms with Gasteiger partial charge in [0.05, 0.1) is 12.7 Å². The number of halogens is 1. The predicted molar refractivity (Wildman–Crippen MR) is 103 cm³/mol. The van der Waals surface area contributed by atoms with Gasteiger partial charge >= 0.3 is 0 Å². The maximum Gasteiger partial charge on any atom is 0.185 e. The van der Waals surface area contributed by atoms with Crippen LogP contribution >= 0.6 is 11.6 Å². The summed E-state index contributed by atoms with van der Waals surface area (Å²) in [4.78, 5) is 0. The molecule has 1 heterocycles. The predicted octanol–water partition coefficient (Wildman–Crippen LogP) is 6.49. The molecule has 3 rings (SSSR count). The summed E-state index contributed by atoms with van der Waals surface area (Å²) in [5, 5.41) is 0.681. The average molecular weight is 357 g/mol. The van der Waals surface area contributed by atoms with Gasteiger partial charge < -0.3 is 9.47 Å². The summed E-state index contributed by atoms with van der Waals surface area (Å²) in [7, 11) is 0. The van der Waals surface area contributed by atoms with E-state index in [0.29, 0.717) is 17.5 Å². The van der Waals surface area contributed by atoms with Crippen LogP contribution in [0.15, 0.2) is 66.7 Å². The highest BCUT2D eigenvalue weighted by Crippen LogP contribution is 2.41. The quantitative estimate of drug-likeness (QED) is 0.551. The third kappa shape index (κ3) is 4.72. The molecule has 3 heteroatoms. The van der Waals surface area contributed by atoms with E-state index in [2.05, 4.69) is 43.3 Å². The Balaban J connectivity index is 1.79. The van der Waals surface area contributed by atoms with Gasteiger partial charge in [-0.25, -0.2) is 0 Å². The Hall–Kier alpha value is -1.61. The number of hydrogen-bond donors (Lipinski definition) is 0. The standard InChI is InChI=1S/C22H25ClO2/c1-2-3-4-6-13-18-16-24-22(19-14-9-10-15-20(19)23)25-21(18)17-11-7-5-8-12-17/h4-12,14-15,18,21-22H,2-3,13,16H2,1H3/b6-4-. The van der Waals surface area contributed by atoms with E-state index in [1.807, 2.05) is 30.3 Å². The molecule has 2 nitrogen and oxygen atoms in total. The van der Waals surface area contributed by atoms with Crippen molar-refractivity contribution in [2.75, 3.05) is 6.61 Å². The third-order valence-electron chi connectivity index (χ3n) is 4.51. The van der Waals surface area contributed by atoms with E-state index in [0.717, 1.165) is 18.4 Å².